The molecule has 1 aromatic heterocycles. The Bertz CT molecular complexity index is 586. The van der Waals surface area contributed by atoms with E-state index >= 15 is 0 Å². The number of halogens is 1. The zero-order valence-corrected chi connectivity index (χ0v) is 12.8. The van der Waals surface area contributed by atoms with Crippen molar-refractivity contribution >= 4 is 23.3 Å². The Morgan fingerprint density at radius 3 is 3.09 bits per heavy atom. The minimum absolute atomic E-state index is 0.0236. The number of likely N-dealkylation sites (tertiary alicyclic amines) is 1. The van der Waals surface area contributed by atoms with Gasteiger partial charge in [-0.25, -0.2) is 0 Å². The molecule has 3 rings (SSSR count). The normalized spacial score (nSPS) is 27.6. The van der Waals surface area contributed by atoms with Gasteiger partial charge in [0.2, 0.25) is 5.91 Å². The van der Waals surface area contributed by atoms with Crippen molar-refractivity contribution in [3.8, 4) is 6.07 Å². The van der Waals surface area contributed by atoms with Gasteiger partial charge in [-0.15, -0.1) is 10.2 Å². The first kappa shape index (κ1) is 15.0. The standard InChI is InChI=1S/C14H17ClN6O/c15-12-3-4-13(20-19-12)18-9-6-11(17-8-9)14(22)21-5-1-2-10(21)7-16/h3-4,9-11,17H,1-2,5-6,8H2,(H,18,20)/t9-,10?,11-/m0/s1. The minimum atomic E-state index is -0.275. The van der Waals surface area contributed by atoms with Crippen molar-refractivity contribution < 1.29 is 4.79 Å². The monoisotopic (exact) mass is 320 g/mol. The number of nitrogens with zero attached hydrogens (tertiary/aromatic N) is 4. The van der Waals surface area contributed by atoms with Gasteiger partial charge >= 0.3 is 0 Å². The van der Waals surface area contributed by atoms with Crippen molar-refractivity contribution in [2.45, 2.75) is 37.4 Å². The van der Waals surface area contributed by atoms with E-state index in [9.17, 15) is 4.79 Å². The summed E-state index contributed by atoms with van der Waals surface area (Å²) in [4.78, 5) is 14.2. The van der Waals surface area contributed by atoms with E-state index in [0.717, 1.165) is 12.8 Å². The number of hydrogen-bond donors (Lipinski definition) is 2. The van der Waals surface area contributed by atoms with Crippen LogP contribution in [0.3, 0.4) is 0 Å². The molecule has 7 nitrogen and oxygen atoms in total. The number of hydrogen-bond acceptors (Lipinski definition) is 6. The lowest BCUT2D eigenvalue weighted by molar-refractivity contribution is -0.133. The average molecular weight is 321 g/mol. The van der Waals surface area contributed by atoms with Gasteiger partial charge in [0.1, 0.15) is 11.9 Å². The molecule has 0 aliphatic carbocycles. The molecule has 0 radical (unpaired) electrons. The van der Waals surface area contributed by atoms with E-state index in [1.807, 2.05) is 0 Å². The number of aromatic nitrogens is 2. The summed E-state index contributed by atoms with van der Waals surface area (Å²) in [6, 6.07) is 5.22. The van der Waals surface area contributed by atoms with Crippen molar-refractivity contribution in [3.05, 3.63) is 17.3 Å². The van der Waals surface area contributed by atoms with Crippen molar-refractivity contribution in [2.75, 3.05) is 18.4 Å². The second kappa shape index (κ2) is 6.46. The molecular formula is C14H17ClN6O. The number of amides is 1. The van der Waals surface area contributed by atoms with Gasteiger partial charge in [-0.3, -0.25) is 4.79 Å². The topological polar surface area (TPSA) is 93.9 Å². The van der Waals surface area contributed by atoms with E-state index in [4.69, 9.17) is 16.9 Å². The fourth-order valence-electron chi connectivity index (χ4n) is 3.00. The van der Waals surface area contributed by atoms with Crippen LogP contribution in [-0.4, -0.2) is 52.2 Å². The summed E-state index contributed by atoms with van der Waals surface area (Å²) in [5, 5.41) is 23.6. The van der Waals surface area contributed by atoms with E-state index < -0.39 is 0 Å². The van der Waals surface area contributed by atoms with E-state index in [0.29, 0.717) is 30.5 Å². The van der Waals surface area contributed by atoms with Crippen LogP contribution in [-0.2, 0) is 4.79 Å². The van der Waals surface area contributed by atoms with Gasteiger partial charge in [0.25, 0.3) is 0 Å². The minimum Gasteiger partial charge on any atom is -0.364 e. The van der Waals surface area contributed by atoms with Gasteiger partial charge in [0, 0.05) is 19.1 Å². The molecule has 2 aliphatic heterocycles. The first-order valence-corrected chi connectivity index (χ1v) is 7.74. The summed E-state index contributed by atoms with van der Waals surface area (Å²) in [6.45, 7) is 1.35. The highest BCUT2D eigenvalue weighted by Gasteiger charge is 2.37. The third kappa shape index (κ3) is 3.13. The summed E-state index contributed by atoms with van der Waals surface area (Å²) in [5.41, 5.74) is 0. The Morgan fingerprint density at radius 2 is 2.36 bits per heavy atom. The summed E-state index contributed by atoms with van der Waals surface area (Å²) in [5.74, 6) is 0.663. The number of rotatable bonds is 3. The third-order valence-electron chi connectivity index (χ3n) is 4.10. The second-order valence-electron chi connectivity index (χ2n) is 5.60. The van der Waals surface area contributed by atoms with E-state index in [2.05, 4.69) is 26.9 Å². The van der Waals surface area contributed by atoms with Crippen LogP contribution in [0.15, 0.2) is 12.1 Å². The fraction of sp³-hybridized carbons (Fsp3) is 0.571. The van der Waals surface area contributed by atoms with Crippen LogP contribution in [0.5, 0.6) is 0 Å². The molecule has 0 aromatic carbocycles. The van der Waals surface area contributed by atoms with E-state index in [1.54, 1.807) is 17.0 Å². The molecule has 22 heavy (non-hydrogen) atoms. The zero-order valence-electron chi connectivity index (χ0n) is 12.0. The highest BCUT2D eigenvalue weighted by Crippen LogP contribution is 2.21. The Morgan fingerprint density at radius 1 is 1.50 bits per heavy atom. The third-order valence-corrected chi connectivity index (χ3v) is 4.30. The molecule has 2 saturated heterocycles. The smallest absolute Gasteiger partial charge is 0.240 e. The second-order valence-corrected chi connectivity index (χ2v) is 5.99. The largest absolute Gasteiger partial charge is 0.364 e. The Kier molecular flexibility index (Phi) is 4.41. The molecule has 116 valence electrons. The van der Waals surface area contributed by atoms with Crippen LogP contribution in [0.25, 0.3) is 0 Å². The van der Waals surface area contributed by atoms with Crippen LogP contribution < -0.4 is 10.6 Å². The van der Waals surface area contributed by atoms with Crippen LogP contribution in [0.2, 0.25) is 5.15 Å². The van der Waals surface area contributed by atoms with E-state index in [-0.39, 0.29) is 24.0 Å². The van der Waals surface area contributed by atoms with Crippen molar-refractivity contribution in [3.63, 3.8) is 0 Å². The van der Waals surface area contributed by atoms with Gasteiger partial charge in [-0.2, -0.15) is 5.26 Å². The maximum atomic E-state index is 12.5. The number of nitrogens with one attached hydrogen (secondary N) is 2. The number of nitriles is 1. The molecule has 2 fully saturated rings. The number of carbonyl (C=O) groups excluding carboxylic acids is 1. The van der Waals surface area contributed by atoms with Crippen LogP contribution in [0.4, 0.5) is 5.82 Å². The van der Waals surface area contributed by atoms with E-state index in [1.165, 1.54) is 0 Å². The maximum Gasteiger partial charge on any atom is 0.240 e. The Balaban J connectivity index is 1.57. The molecule has 3 heterocycles. The van der Waals surface area contributed by atoms with Gasteiger partial charge in [-0.1, -0.05) is 11.6 Å². The molecular weight excluding hydrogens is 304 g/mol. The van der Waals surface area contributed by atoms with Gasteiger partial charge in [0.05, 0.1) is 12.1 Å². The number of carbonyl (C=O) groups is 1. The van der Waals surface area contributed by atoms with Crippen LogP contribution in [0, 0.1) is 11.3 Å². The Hall–Kier alpha value is -1.91. The highest BCUT2D eigenvalue weighted by molar-refractivity contribution is 6.29. The molecule has 1 amide bonds. The zero-order chi connectivity index (χ0) is 15.5. The van der Waals surface area contributed by atoms with Crippen molar-refractivity contribution in [2.24, 2.45) is 0 Å². The first-order valence-electron chi connectivity index (χ1n) is 7.36. The van der Waals surface area contributed by atoms with Gasteiger partial charge in [-0.05, 0) is 31.4 Å². The molecule has 8 heteroatoms. The summed E-state index contributed by atoms with van der Waals surface area (Å²) in [7, 11) is 0. The van der Waals surface area contributed by atoms with Crippen molar-refractivity contribution in [1.82, 2.24) is 20.4 Å². The molecule has 1 aromatic rings. The van der Waals surface area contributed by atoms with Crippen LogP contribution in [0.1, 0.15) is 19.3 Å². The highest BCUT2D eigenvalue weighted by atomic mass is 35.5. The molecule has 3 atom stereocenters. The molecule has 2 aliphatic rings. The quantitative estimate of drug-likeness (QED) is 0.855. The summed E-state index contributed by atoms with van der Waals surface area (Å²) >= 11 is 5.70. The predicted molar refractivity (Wildman–Crippen MR) is 81.2 cm³/mol. The molecule has 0 saturated carbocycles. The summed E-state index contributed by atoms with van der Waals surface area (Å²) < 4.78 is 0. The molecule has 0 bridgehead atoms. The van der Waals surface area contributed by atoms with Gasteiger partial charge < -0.3 is 15.5 Å². The SMILES string of the molecule is N#CC1CCCN1C(=O)[C@@H]1C[C@H](Nc2ccc(Cl)nn2)CN1. The maximum absolute atomic E-state index is 12.5. The lowest BCUT2D eigenvalue weighted by Gasteiger charge is -2.23. The lowest BCUT2D eigenvalue weighted by atomic mass is 10.1. The lowest BCUT2D eigenvalue weighted by Crippen LogP contribution is -2.45. The Labute approximate surface area is 133 Å². The first-order chi connectivity index (χ1) is 10.7. The van der Waals surface area contributed by atoms with Crippen molar-refractivity contribution in [1.29, 1.82) is 5.26 Å². The molecule has 0 spiro atoms. The summed E-state index contributed by atoms with van der Waals surface area (Å²) in [6.07, 6.45) is 2.34. The van der Waals surface area contributed by atoms with Crippen LogP contribution >= 0.6 is 11.6 Å². The van der Waals surface area contributed by atoms with Gasteiger partial charge in [0.15, 0.2) is 5.15 Å². The predicted octanol–water partition coefficient (Wildman–Crippen LogP) is 0.787. The molecule has 1 unspecified atom stereocenters. The number of anilines is 1. The fourth-order valence-corrected chi connectivity index (χ4v) is 3.10. The molecule has 2 N–H and O–H groups in total. The average Bonchev–Trinajstić information content (AvgIpc) is 3.17.